The van der Waals surface area contributed by atoms with E-state index in [9.17, 15) is 4.79 Å². The van der Waals surface area contributed by atoms with Crippen molar-refractivity contribution >= 4 is 16.8 Å². The fraction of sp³-hybridized carbons (Fsp3) is 0.286. The van der Waals surface area contributed by atoms with E-state index in [-0.39, 0.29) is 19.1 Å². The van der Waals surface area contributed by atoms with Crippen molar-refractivity contribution in [2.45, 2.75) is 6.04 Å². The number of hydrogen-bond donors (Lipinski definition) is 2. The van der Waals surface area contributed by atoms with Gasteiger partial charge in [-0.2, -0.15) is 0 Å². The van der Waals surface area contributed by atoms with Crippen LogP contribution in [0.25, 0.3) is 10.9 Å². The molecule has 2 N–H and O–H groups in total. The van der Waals surface area contributed by atoms with Gasteiger partial charge in [0.1, 0.15) is 5.69 Å². The van der Waals surface area contributed by atoms with Crippen molar-refractivity contribution < 1.29 is 14.6 Å². The van der Waals surface area contributed by atoms with Crippen LogP contribution in [-0.4, -0.2) is 42.4 Å². The second kappa shape index (κ2) is 6.26. The Morgan fingerprint density at radius 1 is 1.37 bits per heavy atom. The second-order valence-corrected chi connectivity index (χ2v) is 4.20. The Kier molecular flexibility index (Phi) is 4.43. The smallest absolute Gasteiger partial charge is 0.270 e. The minimum atomic E-state index is -0.425. The lowest BCUT2D eigenvalue weighted by atomic mass is 10.2. The van der Waals surface area contributed by atoms with Crippen molar-refractivity contribution in [3.63, 3.8) is 0 Å². The van der Waals surface area contributed by atoms with E-state index in [1.807, 2.05) is 30.3 Å². The molecular weight excluding hydrogens is 244 g/mol. The highest BCUT2D eigenvalue weighted by atomic mass is 16.5. The summed E-state index contributed by atoms with van der Waals surface area (Å²) in [6.07, 6.45) is 0. The summed E-state index contributed by atoms with van der Waals surface area (Å²) in [6.45, 7) is 0.0863. The van der Waals surface area contributed by atoms with Crippen LogP contribution in [0.15, 0.2) is 36.4 Å². The number of pyridine rings is 1. The number of rotatable bonds is 5. The van der Waals surface area contributed by atoms with Gasteiger partial charge in [0.15, 0.2) is 0 Å². The quantitative estimate of drug-likeness (QED) is 0.840. The van der Waals surface area contributed by atoms with E-state index in [2.05, 4.69) is 10.3 Å². The van der Waals surface area contributed by atoms with E-state index < -0.39 is 6.04 Å². The van der Waals surface area contributed by atoms with Gasteiger partial charge in [-0.25, -0.2) is 4.98 Å². The molecule has 1 amide bonds. The summed E-state index contributed by atoms with van der Waals surface area (Å²) in [4.78, 5) is 16.3. The van der Waals surface area contributed by atoms with Gasteiger partial charge in [-0.05, 0) is 12.1 Å². The maximum absolute atomic E-state index is 12.0. The van der Waals surface area contributed by atoms with Crippen LogP contribution in [0.3, 0.4) is 0 Å². The lowest BCUT2D eigenvalue weighted by Gasteiger charge is -2.14. The maximum atomic E-state index is 12.0. The molecule has 1 unspecified atom stereocenters. The van der Waals surface area contributed by atoms with E-state index >= 15 is 0 Å². The molecule has 0 spiro atoms. The molecule has 0 bridgehead atoms. The van der Waals surface area contributed by atoms with Gasteiger partial charge >= 0.3 is 0 Å². The number of methoxy groups -OCH3 is 1. The molecule has 5 heteroatoms. The normalized spacial score (nSPS) is 12.3. The molecule has 0 aliphatic rings. The third kappa shape index (κ3) is 3.27. The van der Waals surface area contributed by atoms with Crippen molar-refractivity contribution in [2.24, 2.45) is 0 Å². The Morgan fingerprint density at radius 3 is 2.89 bits per heavy atom. The molecule has 1 atom stereocenters. The highest BCUT2D eigenvalue weighted by Crippen LogP contribution is 2.11. The highest BCUT2D eigenvalue weighted by Gasteiger charge is 2.14. The summed E-state index contributed by atoms with van der Waals surface area (Å²) in [5.74, 6) is -0.318. The zero-order chi connectivity index (χ0) is 13.7. The molecule has 2 rings (SSSR count). The first-order valence-electron chi connectivity index (χ1n) is 6.01. The van der Waals surface area contributed by atoms with Crippen molar-refractivity contribution in [3.8, 4) is 0 Å². The molecular formula is C14H16N2O3. The Morgan fingerprint density at radius 2 is 2.16 bits per heavy atom. The number of aliphatic hydroxyl groups excluding tert-OH is 1. The maximum Gasteiger partial charge on any atom is 0.270 e. The molecule has 1 aromatic heterocycles. The number of nitrogens with one attached hydrogen (secondary N) is 1. The summed E-state index contributed by atoms with van der Waals surface area (Å²) >= 11 is 0. The van der Waals surface area contributed by atoms with E-state index in [1.54, 1.807) is 6.07 Å². The number of benzene rings is 1. The van der Waals surface area contributed by atoms with Gasteiger partial charge in [-0.15, -0.1) is 0 Å². The number of ether oxygens (including phenoxy) is 1. The number of para-hydroxylation sites is 1. The second-order valence-electron chi connectivity index (χ2n) is 4.20. The average molecular weight is 260 g/mol. The summed E-state index contributed by atoms with van der Waals surface area (Å²) in [5.41, 5.74) is 1.09. The highest BCUT2D eigenvalue weighted by molar-refractivity contribution is 5.95. The summed E-state index contributed by atoms with van der Waals surface area (Å²) in [5, 5.41) is 12.8. The molecule has 1 aromatic carbocycles. The monoisotopic (exact) mass is 260 g/mol. The van der Waals surface area contributed by atoms with Gasteiger partial charge in [0, 0.05) is 12.5 Å². The first kappa shape index (κ1) is 13.5. The third-order valence-electron chi connectivity index (χ3n) is 2.75. The van der Waals surface area contributed by atoms with Gasteiger partial charge in [-0.3, -0.25) is 4.79 Å². The fourth-order valence-electron chi connectivity index (χ4n) is 1.79. The van der Waals surface area contributed by atoms with Gasteiger partial charge in [-0.1, -0.05) is 24.3 Å². The number of carbonyl (C=O) groups excluding carboxylic acids is 1. The Labute approximate surface area is 111 Å². The molecule has 0 radical (unpaired) electrons. The standard InChI is InChI=1S/C14H16N2O3/c1-19-9-11(8-17)15-14(18)13-7-6-10-4-2-3-5-12(10)16-13/h2-7,11,17H,8-9H2,1H3,(H,15,18). The molecule has 1 heterocycles. The van der Waals surface area contributed by atoms with E-state index in [0.717, 1.165) is 10.9 Å². The Hall–Kier alpha value is -1.98. The van der Waals surface area contributed by atoms with Crippen LogP contribution in [0, 0.1) is 0 Å². The zero-order valence-corrected chi connectivity index (χ0v) is 10.7. The zero-order valence-electron chi connectivity index (χ0n) is 10.7. The van der Waals surface area contributed by atoms with Crippen molar-refractivity contribution in [3.05, 3.63) is 42.1 Å². The predicted octanol–water partition coefficient (Wildman–Crippen LogP) is 0.972. The van der Waals surface area contributed by atoms with Crippen LogP contribution in [0.1, 0.15) is 10.5 Å². The average Bonchev–Trinajstić information content (AvgIpc) is 2.46. The molecule has 0 saturated carbocycles. The number of hydrogen-bond acceptors (Lipinski definition) is 4. The number of fused-ring (bicyclic) bond motifs is 1. The van der Waals surface area contributed by atoms with Crippen LogP contribution in [0.2, 0.25) is 0 Å². The molecule has 19 heavy (non-hydrogen) atoms. The topological polar surface area (TPSA) is 71.5 Å². The predicted molar refractivity (Wildman–Crippen MR) is 72.0 cm³/mol. The van der Waals surface area contributed by atoms with Gasteiger partial charge in [0.2, 0.25) is 0 Å². The summed E-state index contributed by atoms with van der Waals surface area (Å²) < 4.78 is 4.91. The van der Waals surface area contributed by atoms with Crippen molar-refractivity contribution in [2.75, 3.05) is 20.3 Å². The largest absolute Gasteiger partial charge is 0.394 e. The molecule has 0 fully saturated rings. The fourth-order valence-corrected chi connectivity index (χ4v) is 1.79. The van der Waals surface area contributed by atoms with Gasteiger partial charge < -0.3 is 15.2 Å². The lowest BCUT2D eigenvalue weighted by molar-refractivity contribution is 0.0835. The van der Waals surface area contributed by atoms with Crippen LogP contribution < -0.4 is 5.32 Å². The van der Waals surface area contributed by atoms with Crippen LogP contribution >= 0.6 is 0 Å². The third-order valence-corrected chi connectivity index (χ3v) is 2.75. The molecule has 0 aliphatic heterocycles. The van der Waals surface area contributed by atoms with E-state index in [4.69, 9.17) is 9.84 Å². The molecule has 5 nitrogen and oxygen atoms in total. The van der Waals surface area contributed by atoms with Crippen molar-refractivity contribution in [1.82, 2.24) is 10.3 Å². The first-order chi connectivity index (χ1) is 9.24. The Bertz CT molecular complexity index is 571. The summed E-state index contributed by atoms with van der Waals surface area (Å²) in [6, 6.07) is 10.7. The number of carbonyl (C=O) groups is 1. The number of aromatic nitrogens is 1. The number of amides is 1. The van der Waals surface area contributed by atoms with Crippen LogP contribution in [0.5, 0.6) is 0 Å². The van der Waals surface area contributed by atoms with Gasteiger partial charge in [0.05, 0.1) is 24.8 Å². The lowest BCUT2D eigenvalue weighted by Crippen LogP contribution is -2.40. The van der Waals surface area contributed by atoms with E-state index in [1.165, 1.54) is 7.11 Å². The molecule has 2 aromatic rings. The number of aliphatic hydroxyl groups is 1. The summed E-state index contributed by atoms with van der Waals surface area (Å²) in [7, 11) is 1.52. The van der Waals surface area contributed by atoms with Crippen molar-refractivity contribution in [1.29, 1.82) is 0 Å². The first-order valence-corrected chi connectivity index (χ1v) is 6.01. The molecule has 0 saturated heterocycles. The number of nitrogens with zero attached hydrogens (tertiary/aromatic N) is 1. The van der Waals surface area contributed by atoms with E-state index in [0.29, 0.717) is 5.69 Å². The van der Waals surface area contributed by atoms with Crippen LogP contribution in [-0.2, 0) is 4.74 Å². The minimum absolute atomic E-state index is 0.173. The van der Waals surface area contributed by atoms with Crippen LogP contribution in [0.4, 0.5) is 0 Å². The minimum Gasteiger partial charge on any atom is -0.394 e. The molecule has 100 valence electrons. The Balaban J connectivity index is 2.16. The molecule has 0 aliphatic carbocycles. The SMILES string of the molecule is COCC(CO)NC(=O)c1ccc2ccccc2n1. The van der Waals surface area contributed by atoms with Gasteiger partial charge in [0.25, 0.3) is 5.91 Å².